The number of aryl methyl sites for hydroxylation is 2. The average molecular weight is 481 g/mol. The minimum Gasteiger partial charge on any atom is -0.456 e. The molecule has 174 valence electrons. The van der Waals surface area contributed by atoms with Gasteiger partial charge in [0.1, 0.15) is 11.5 Å². The van der Waals surface area contributed by atoms with Crippen LogP contribution in [0.2, 0.25) is 0 Å². The van der Waals surface area contributed by atoms with E-state index in [-0.39, 0.29) is 5.97 Å². The summed E-state index contributed by atoms with van der Waals surface area (Å²) in [6.45, 7) is 4.10. The molecule has 2 heterocycles. The number of carbonyl (C=O) groups excluding carboxylic acids is 1. The summed E-state index contributed by atoms with van der Waals surface area (Å²) in [5.41, 5.74) is 6.82. The molecular weight excluding hydrogens is 456 g/mol. The second kappa shape index (κ2) is 7.82. The van der Waals surface area contributed by atoms with Gasteiger partial charge in [0.2, 0.25) is 0 Å². The summed E-state index contributed by atoms with van der Waals surface area (Å²) < 4.78 is 14.5. The van der Waals surface area contributed by atoms with E-state index in [9.17, 15) is 4.79 Å². The lowest BCUT2D eigenvalue weighted by molar-refractivity contribution is 0.0224. The first-order chi connectivity index (χ1) is 16.9. The van der Waals surface area contributed by atoms with Crippen LogP contribution >= 0.6 is 12.8 Å². The Hall–Kier alpha value is -3.90. The Morgan fingerprint density at radius 2 is 1.66 bits per heavy atom. The summed E-state index contributed by atoms with van der Waals surface area (Å²) in [7, 11) is 1.86. The lowest BCUT2D eigenvalue weighted by Gasteiger charge is -2.37. The average Bonchev–Trinajstić information content (AvgIpc) is 3.13. The topological polar surface area (TPSA) is 50.8 Å². The van der Waals surface area contributed by atoms with Crippen molar-refractivity contribution in [1.29, 1.82) is 0 Å². The van der Waals surface area contributed by atoms with E-state index in [1.165, 1.54) is 5.56 Å². The van der Waals surface area contributed by atoms with Gasteiger partial charge in [0.15, 0.2) is 5.60 Å². The van der Waals surface area contributed by atoms with Gasteiger partial charge in [0, 0.05) is 41.2 Å². The first kappa shape index (κ1) is 21.6. The standard InChI is InChI=1S/C29H24N2O3S/c1-17-7-6-8-19(13-17)30-25-16-24-26(14-18(25)2)33-27-15-20(31(3)35)11-12-23(27)29(24)22-10-5-4-9-21(22)28(32)34-29/h4-16,30,35H,1-3H3. The molecule has 0 bridgehead atoms. The van der Waals surface area contributed by atoms with Crippen molar-refractivity contribution < 1.29 is 14.3 Å². The maximum absolute atomic E-state index is 13.1. The number of nitrogens with one attached hydrogen (secondary N) is 1. The Morgan fingerprint density at radius 1 is 0.857 bits per heavy atom. The molecule has 6 rings (SSSR count). The van der Waals surface area contributed by atoms with Gasteiger partial charge in [0.05, 0.1) is 11.3 Å². The van der Waals surface area contributed by atoms with Crippen molar-refractivity contribution in [2.45, 2.75) is 19.4 Å². The van der Waals surface area contributed by atoms with E-state index < -0.39 is 5.60 Å². The molecule has 0 aliphatic carbocycles. The fourth-order valence-corrected chi connectivity index (χ4v) is 5.15. The van der Waals surface area contributed by atoms with Crippen LogP contribution in [0.15, 0.2) is 78.9 Å². The van der Waals surface area contributed by atoms with Gasteiger partial charge in [-0.2, -0.15) is 0 Å². The van der Waals surface area contributed by atoms with Crippen LogP contribution in [0.5, 0.6) is 11.5 Å². The monoisotopic (exact) mass is 480 g/mol. The molecular formula is C29H24N2O3S. The summed E-state index contributed by atoms with van der Waals surface area (Å²) in [6.07, 6.45) is 0. The highest BCUT2D eigenvalue weighted by atomic mass is 32.1. The maximum atomic E-state index is 13.1. The molecule has 1 spiro atoms. The van der Waals surface area contributed by atoms with Crippen LogP contribution in [0, 0.1) is 13.8 Å². The molecule has 0 saturated heterocycles. The third-order valence-electron chi connectivity index (χ3n) is 6.71. The molecule has 0 saturated carbocycles. The highest BCUT2D eigenvalue weighted by molar-refractivity contribution is 7.81. The summed E-state index contributed by atoms with van der Waals surface area (Å²) in [6, 6.07) is 25.7. The van der Waals surface area contributed by atoms with Gasteiger partial charge in [-0.15, -0.1) is 0 Å². The summed E-state index contributed by atoms with van der Waals surface area (Å²) in [5, 5.41) is 3.54. The number of fused-ring (bicyclic) bond motifs is 6. The Bertz CT molecular complexity index is 1510. The summed E-state index contributed by atoms with van der Waals surface area (Å²) >= 11 is 4.44. The molecule has 35 heavy (non-hydrogen) atoms. The first-order valence-corrected chi connectivity index (χ1v) is 11.8. The Balaban J connectivity index is 1.60. The maximum Gasteiger partial charge on any atom is 0.340 e. The van der Waals surface area contributed by atoms with Gasteiger partial charge in [-0.25, -0.2) is 4.79 Å². The number of thiol groups is 1. The number of hydrogen-bond acceptors (Lipinski definition) is 6. The van der Waals surface area contributed by atoms with Crippen molar-refractivity contribution in [3.8, 4) is 11.5 Å². The molecule has 5 nitrogen and oxygen atoms in total. The molecule has 2 aliphatic heterocycles. The van der Waals surface area contributed by atoms with Crippen molar-refractivity contribution in [2.24, 2.45) is 0 Å². The lowest BCUT2D eigenvalue weighted by Crippen LogP contribution is -2.33. The molecule has 1 atom stereocenters. The van der Waals surface area contributed by atoms with E-state index in [0.29, 0.717) is 17.1 Å². The van der Waals surface area contributed by atoms with Crippen molar-refractivity contribution in [1.82, 2.24) is 0 Å². The van der Waals surface area contributed by atoms with Gasteiger partial charge in [-0.1, -0.05) is 43.1 Å². The molecule has 4 aromatic carbocycles. The van der Waals surface area contributed by atoms with Crippen molar-refractivity contribution in [3.05, 3.63) is 112 Å². The number of esters is 1. The smallest absolute Gasteiger partial charge is 0.340 e. The quantitative estimate of drug-likeness (QED) is 0.247. The zero-order valence-corrected chi connectivity index (χ0v) is 20.5. The van der Waals surface area contributed by atoms with Crippen molar-refractivity contribution in [3.63, 3.8) is 0 Å². The largest absolute Gasteiger partial charge is 0.456 e. The molecule has 4 aromatic rings. The van der Waals surface area contributed by atoms with Crippen LogP contribution in [0.25, 0.3) is 0 Å². The second-order valence-corrected chi connectivity index (χ2v) is 9.68. The first-order valence-electron chi connectivity index (χ1n) is 11.4. The van der Waals surface area contributed by atoms with Gasteiger partial charge in [-0.05, 0) is 67.4 Å². The Morgan fingerprint density at radius 3 is 2.46 bits per heavy atom. The van der Waals surface area contributed by atoms with Crippen LogP contribution in [-0.2, 0) is 10.3 Å². The van der Waals surface area contributed by atoms with E-state index in [4.69, 9.17) is 9.47 Å². The van der Waals surface area contributed by atoms with Crippen LogP contribution < -0.4 is 14.4 Å². The Labute approximate surface area is 209 Å². The van der Waals surface area contributed by atoms with E-state index in [2.05, 4.69) is 37.2 Å². The zero-order chi connectivity index (χ0) is 24.3. The third kappa shape index (κ3) is 3.28. The fourth-order valence-electron chi connectivity index (χ4n) is 5.02. The molecule has 1 N–H and O–H groups in total. The van der Waals surface area contributed by atoms with Gasteiger partial charge in [-0.3, -0.25) is 0 Å². The highest BCUT2D eigenvalue weighted by Gasteiger charge is 2.53. The van der Waals surface area contributed by atoms with E-state index in [1.54, 1.807) is 4.31 Å². The number of hydrogen-bond donors (Lipinski definition) is 2. The van der Waals surface area contributed by atoms with Crippen LogP contribution in [-0.4, -0.2) is 13.0 Å². The van der Waals surface area contributed by atoms with E-state index in [1.807, 2.05) is 80.7 Å². The van der Waals surface area contributed by atoms with Gasteiger partial charge >= 0.3 is 5.97 Å². The molecule has 0 amide bonds. The second-order valence-electron chi connectivity index (χ2n) is 9.08. The Kier molecular flexibility index (Phi) is 4.83. The number of anilines is 3. The van der Waals surface area contributed by atoms with Crippen LogP contribution in [0.4, 0.5) is 17.1 Å². The lowest BCUT2D eigenvalue weighted by atomic mass is 9.77. The van der Waals surface area contributed by atoms with Gasteiger partial charge < -0.3 is 19.1 Å². The molecule has 0 aromatic heterocycles. The minimum atomic E-state index is -1.11. The van der Waals surface area contributed by atoms with E-state index >= 15 is 0 Å². The fraction of sp³-hybridized carbons (Fsp3) is 0.138. The number of nitrogens with zero attached hydrogens (tertiary/aromatic N) is 1. The third-order valence-corrected chi connectivity index (χ3v) is 6.94. The minimum absolute atomic E-state index is 0.344. The number of ether oxygens (including phenoxy) is 2. The predicted octanol–water partition coefficient (Wildman–Crippen LogP) is 6.90. The molecule has 0 fully saturated rings. The molecule has 0 radical (unpaired) electrons. The molecule has 6 heteroatoms. The van der Waals surface area contributed by atoms with Gasteiger partial charge in [0.25, 0.3) is 0 Å². The zero-order valence-electron chi connectivity index (χ0n) is 19.6. The van der Waals surface area contributed by atoms with E-state index in [0.717, 1.165) is 39.3 Å². The normalized spacial score (nSPS) is 17.2. The summed E-state index contributed by atoms with van der Waals surface area (Å²) in [5.74, 6) is 0.955. The summed E-state index contributed by atoms with van der Waals surface area (Å²) in [4.78, 5) is 13.1. The van der Waals surface area contributed by atoms with Crippen molar-refractivity contribution >= 4 is 35.8 Å². The van der Waals surface area contributed by atoms with Crippen LogP contribution in [0.1, 0.15) is 38.2 Å². The SMILES string of the molecule is Cc1cccc(Nc2cc3c(cc2C)Oc2cc(N(C)S)ccc2C32OC(=O)c3ccccc32)c1. The number of carbonyl (C=O) groups is 1. The highest BCUT2D eigenvalue weighted by Crippen LogP contribution is 2.57. The number of rotatable bonds is 3. The van der Waals surface area contributed by atoms with Crippen LogP contribution in [0.3, 0.4) is 0 Å². The predicted molar refractivity (Wildman–Crippen MR) is 141 cm³/mol. The number of benzene rings is 4. The molecule has 1 unspecified atom stereocenters. The molecule has 2 aliphatic rings. The van der Waals surface area contributed by atoms with Crippen molar-refractivity contribution in [2.75, 3.05) is 16.7 Å².